The van der Waals surface area contributed by atoms with Gasteiger partial charge in [0.25, 0.3) is 0 Å². The minimum Gasteiger partial charge on any atom is -0.338 e. The number of amides is 2. The lowest BCUT2D eigenvalue weighted by Gasteiger charge is -2.36. The van der Waals surface area contributed by atoms with Gasteiger partial charge in [0.15, 0.2) is 0 Å². The van der Waals surface area contributed by atoms with E-state index in [1.807, 2.05) is 4.90 Å². The van der Waals surface area contributed by atoms with Crippen LogP contribution in [0.2, 0.25) is 0 Å². The van der Waals surface area contributed by atoms with E-state index in [9.17, 15) is 9.59 Å². The maximum Gasteiger partial charge on any atom is 0.242 e. The average molecular weight is 257 g/mol. The third-order valence-electron chi connectivity index (χ3n) is 3.06. The second-order valence-electron chi connectivity index (χ2n) is 4.84. The van der Waals surface area contributed by atoms with Crippen LogP contribution >= 0.6 is 11.8 Å². The first-order chi connectivity index (χ1) is 8.06. The summed E-state index contributed by atoms with van der Waals surface area (Å²) in [6, 6.07) is 0.651. The van der Waals surface area contributed by atoms with Crippen LogP contribution in [0.4, 0.5) is 0 Å². The van der Waals surface area contributed by atoms with E-state index >= 15 is 0 Å². The van der Waals surface area contributed by atoms with Crippen LogP contribution in [0.1, 0.15) is 13.8 Å². The third kappa shape index (κ3) is 3.13. The fraction of sp³-hybridized carbons (Fsp3) is 0.818. The van der Waals surface area contributed by atoms with Gasteiger partial charge in [0.1, 0.15) is 6.54 Å². The Balaban J connectivity index is 1.88. The largest absolute Gasteiger partial charge is 0.338 e. The van der Waals surface area contributed by atoms with E-state index in [4.69, 9.17) is 0 Å². The number of nitrogens with zero attached hydrogens (tertiary/aromatic N) is 2. The first-order valence-corrected chi connectivity index (χ1v) is 7.11. The van der Waals surface area contributed by atoms with Crippen molar-refractivity contribution in [2.45, 2.75) is 25.9 Å². The Kier molecular flexibility index (Phi) is 3.93. The molecule has 0 bridgehead atoms. The molecule has 0 aliphatic carbocycles. The molecule has 2 atom stereocenters. The maximum absolute atomic E-state index is 12.1. The molecule has 2 fully saturated rings. The van der Waals surface area contributed by atoms with Gasteiger partial charge < -0.3 is 15.1 Å². The molecule has 0 saturated carbocycles. The minimum atomic E-state index is 0.0704. The first kappa shape index (κ1) is 12.7. The fourth-order valence-electron chi connectivity index (χ4n) is 2.33. The Morgan fingerprint density at radius 1 is 1.41 bits per heavy atom. The topological polar surface area (TPSA) is 52.7 Å². The maximum atomic E-state index is 12.1. The summed E-state index contributed by atoms with van der Waals surface area (Å²) >= 11 is 1.57. The number of piperazine rings is 1. The number of thioether (sulfide) groups is 1. The fourth-order valence-corrected chi connectivity index (χ4v) is 3.24. The summed E-state index contributed by atoms with van der Waals surface area (Å²) < 4.78 is 0. The van der Waals surface area contributed by atoms with Gasteiger partial charge in [-0.05, 0) is 13.8 Å². The van der Waals surface area contributed by atoms with Gasteiger partial charge in [-0.15, -0.1) is 11.8 Å². The van der Waals surface area contributed by atoms with Crippen LogP contribution in [-0.2, 0) is 9.59 Å². The lowest BCUT2D eigenvalue weighted by Crippen LogP contribution is -2.57. The zero-order valence-corrected chi connectivity index (χ0v) is 11.1. The van der Waals surface area contributed by atoms with Crippen LogP contribution in [0.5, 0.6) is 0 Å². The Morgan fingerprint density at radius 3 is 2.59 bits per heavy atom. The van der Waals surface area contributed by atoms with Crippen LogP contribution in [0.3, 0.4) is 0 Å². The summed E-state index contributed by atoms with van der Waals surface area (Å²) in [6.07, 6.45) is 0. The summed E-state index contributed by atoms with van der Waals surface area (Å²) in [5.41, 5.74) is 0. The normalized spacial score (nSPS) is 29.9. The quantitative estimate of drug-likeness (QED) is 0.740. The SMILES string of the molecule is C[C@H]1CN(C(=O)CN2CSCC2=O)C[C@H](C)N1. The van der Waals surface area contributed by atoms with Crippen molar-refractivity contribution in [3.8, 4) is 0 Å². The molecule has 0 spiro atoms. The molecule has 6 heteroatoms. The van der Waals surface area contributed by atoms with Crippen LogP contribution in [0, 0.1) is 0 Å². The molecule has 1 N–H and O–H groups in total. The van der Waals surface area contributed by atoms with Crippen molar-refractivity contribution in [3.63, 3.8) is 0 Å². The van der Waals surface area contributed by atoms with Crippen molar-refractivity contribution < 1.29 is 9.59 Å². The lowest BCUT2D eigenvalue weighted by atomic mass is 10.1. The zero-order chi connectivity index (χ0) is 12.4. The molecule has 0 aromatic rings. The molecule has 2 heterocycles. The molecule has 0 aromatic heterocycles. The average Bonchev–Trinajstić information content (AvgIpc) is 2.63. The van der Waals surface area contributed by atoms with Gasteiger partial charge in [0, 0.05) is 25.2 Å². The van der Waals surface area contributed by atoms with E-state index in [-0.39, 0.29) is 18.4 Å². The highest BCUT2D eigenvalue weighted by Gasteiger charge is 2.28. The summed E-state index contributed by atoms with van der Waals surface area (Å²) in [5, 5.41) is 3.39. The number of rotatable bonds is 2. The van der Waals surface area contributed by atoms with Crippen LogP contribution < -0.4 is 5.32 Å². The zero-order valence-electron chi connectivity index (χ0n) is 10.3. The number of hydrogen-bond acceptors (Lipinski definition) is 4. The van der Waals surface area contributed by atoms with Gasteiger partial charge in [-0.3, -0.25) is 9.59 Å². The van der Waals surface area contributed by atoms with Crippen molar-refractivity contribution in [2.24, 2.45) is 0 Å². The molecule has 2 aliphatic rings. The molecular formula is C11H19N3O2S. The van der Waals surface area contributed by atoms with Crippen molar-refractivity contribution >= 4 is 23.6 Å². The Hall–Kier alpha value is -0.750. The Bertz CT molecular complexity index is 314. The van der Waals surface area contributed by atoms with E-state index in [1.54, 1.807) is 16.7 Å². The second kappa shape index (κ2) is 5.27. The predicted molar refractivity (Wildman–Crippen MR) is 67.7 cm³/mol. The van der Waals surface area contributed by atoms with E-state index in [0.717, 1.165) is 13.1 Å². The standard InChI is InChI=1S/C11H19N3O2S/c1-8-3-13(4-9(2)12-8)10(15)5-14-7-17-6-11(14)16/h8-9,12H,3-7H2,1-2H3/t8-,9-/m0/s1. The molecule has 2 amide bonds. The summed E-state index contributed by atoms with van der Waals surface area (Å²) in [7, 11) is 0. The Labute approximate surface area is 106 Å². The number of hydrogen-bond donors (Lipinski definition) is 1. The van der Waals surface area contributed by atoms with Crippen molar-refractivity contribution in [2.75, 3.05) is 31.3 Å². The highest BCUT2D eigenvalue weighted by molar-refractivity contribution is 8.00. The second-order valence-corrected chi connectivity index (χ2v) is 5.79. The first-order valence-electron chi connectivity index (χ1n) is 5.95. The molecule has 2 saturated heterocycles. The van der Waals surface area contributed by atoms with Gasteiger partial charge in [-0.1, -0.05) is 0 Å². The summed E-state index contributed by atoms with van der Waals surface area (Å²) in [4.78, 5) is 27.0. The highest BCUT2D eigenvalue weighted by Crippen LogP contribution is 2.15. The van der Waals surface area contributed by atoms with Crippen LogP contribution in [0.25, 0.3) is 0 Å². The van der Waals surface area contributed by atoms with Gasteiger partial charge in [0.05, 0.1) is 11.6 Å². The molecule has 0 unspecified atom stereocenters. The highest BCUT2D eigenvalue weighted by atomic mass is 32.2. The summed E-state index contributed by atoms with van der Waals surface area (Å²) in [5.74, 6) is 1.32. The van der Waals surface area contributed by atoms with Crippen molar-refractivity contribution in [1.82, 2.24) is 15.1 Å². The van der Waals surface area contributed by atoms with Gasteiger partial charge in [0.2, 0.25) is 11.8 Å². The van der Waals surface area contributed by atoms with Crippen LogP contribution in [-0.4, -0.2) is 65.0 Å². The van der Waals surface area contributed by atoms with Crippen molar-refractivity contribution in [1.29, 1.82) is 0 Å². The van der Waals surface area contributed by atoms with E-state index in [0.29, 0.717) is 23.7 Å². The monoisotopic (exact) mass is 257 g/mol. The van der Waals surface area contributed by atoms with E-state index in [2.05, 4.69) is 19.2 Å². The smallest absolute Gasteiger partial charge is 0.242 e. The summed E-state index contributed by atoms with van der Waals surface area (Å²) in [6.45, 7) is 5.86. The number of nitrogens with one attached hydrogen (secondary N) is 1. The molecule has 0 radical (unpaired) electrons. The molecule has 2 aliphatic heterocycles. The number of carbonyl (C=O) groups excluding carboxylic acids is 2. The van der Waals surface area contributed by atoms with Gasteiger partial charge >= 0.3 is 0 Å². The van der Waals surface area contributed by atoms with Crippen molar-refractivity contribution in [3.05, 3.63) is 0 Å². The molecule has 17 heavy (non-hydrogen) atoms. The van der Waals surface area contributed by atoms with Gasteiger partial charge in [-0.2, -0.15) is 0 Å². The number of carbonyl (C=O) groups is 2. The van der Waals surface area contributed by atoms with E-state index < -0.39 is 0 Å². The van der Waals surface area contributed by atoms with Gasteiger partial charge in [-0.25, -0.2) is 0 Å². The lowest BCUT2D eigenvalue weighted by molar-refractivity contribution is -0.139. The minimum absolute atomic E-state index is 0.0704. The third-order valence-corrected chi connectivity index (χ3v) is 4.01. The Morgan fingerprint density at radius 2 is 2.06 bits per heavy atom. The van der Waals surface area contributed by atoms with Crippen LogP contribution in [0.15, 0.2) is 0 Å². The van der Waals surface area contributed by atoms with E-state index in [1.165, 1.54) is 0 Å². The molecular weight excluding hydrogens is 238 g/mol. The predicted octanol–water partition coefficient (Wildman–Crippen LogP) is -0.272. The molecule has 0 aromatic carbocycles. The molecule has 96 valence electrons. The molecule has 2 rings (SSSR count). The molecule has 5 nitrogen and oxygen atoms in total.